The van der Waals surface area contributed by atoms with Crippen molar-refractivity contribution in [2.45, 2.75) is 26.2 Å². The van der Waals surface area contributed by atoms with Crippen LogP contribution in [0.15, 0.2) is 23.3 Å². The van der Waals surface area contributed by atoms with Crippen molar-refractivity contribution in [2.75, 3.05) is 0 Å². The average Bonchev–Trinajstić information content (AvgIpc) is 2.50. The minimum Gasteiger partial charge on any atom is -0.361 e. The third-order valence-electron chi connectivity index (χ3n) is 2.42. The number of pyridine rings is 1. The van der Waals surface area contributed by atoms with E-state index in [2.05, 4.69) is 30.7 Å². The first-order valence-corrected chi connectivity index (χ1v) is 4.69. The van der Waals surface area contributed by atoms with Gasteiger partial charge in [0.15, 0.2) is 0 Å². The van der Waals surface area contributed by atoms with Crippen LogP contribution >= 0.6 is 0 Å². The molecule has 3 heteroatoms. The minimum absolute atomic E-state index is 0.0331. The van der Waals surface area contributed by atoms with Gasteiger partial charge in [-0.2, -0.15) is 0 Å². The Labute approximate surface area is 82.2 Å². The van der Waals surface area contributed by atoms with Gasteiger partial charge in [-0.3, -0.25) is 4.79 Å². The van der Waals surface area contributed by atoms with Gasteiger partial charge in [0.1, 0.15) is 0 Å². The van der Waals surface area contributed by atoms with Crippen LogP contribution in [0.2, 0.25) is 0 Å². The van der Waals surface area contributed by atoms with Crippen molar-refractivity contribution in [1.82, 2.24) is 9.97 Å². The average molecular weight is 190 g/mol. The quantitative estimate of drug-likeness (QED) is 0.657. The van der Waals surface area contributed by atoms with Gasteiger partial charge in [0, 0.05) is 12.4 Å². The van der Waals surface area contributed by atoms with Crippen LogP contribution in [0.3, 0.4) is 0 Å². The molecule has 0 amide bonds. The molecule has 0 aliphatic heterocycles. The number of nitrogens with one attached hydrogen (secondary N) is 2. The smallest absolute Gasteiger partial charge is 0.257 e. The first-order valence-electron chi connectivity index (χ1n) is 4.69. The van der Waals surface area contributed by atoms with Crippen LogP contribution in [-0.4, -0.2) is 9.97 Å². The van der Waals surface area contributed by atoms with Gasteiger partial charge in [0.25, 0.3) is 5.56 Å². The second kappa shape index (κ2) is 2.74. The van der Waals surface area contributed by atoms with Crippen LogP contribution in [0.25, 0.3) is 10.9 Å². The summed E-state index contributed by atoms with van der Waals surface area (Å²) in [7, 11) is 0. The van der Waals surface area contributed by atoms with Gasteiger partial charge in [-0.05, 0) is 17.0 Å². The lowest BCUT2D eigenvalue weighted by atomic mass is 9.87. The molecule has 0 aromatic carbocycles. The fourth-order valence-electron chi connectivity index (χ4n) is 1.66. The molecule has 2 rings (SSSR count). The maximum Gasteiger partial charge on any atom is 0.257 e. The first kappa shape index (κ1) is 9.06. The monoisotopic (exact) mass is 190 g/mol. The Morgan fingerprint density at radius 3 is 2.57 bits per heavy atom. The van der Waals surface area contributed by atoms with Gasteiger partial charge in [-0.15, -0.1) is 0 Å². The molecule has 0 saturated carbocycles. The molecule has 2 aromatic heterocycles. The Kier molecular flexibility index (Phi) is 1.77. The summed E-state index contributed by atoms with van der Waals surface area (Å²) >= 11 is 0. The van der Waals surface area contributed by atoms with E-state index in [0.717, 1.165) is 16.5 Å². The zero-order chi connectivity index (χ0) is 10.3. The summed E-state index contributed by atoms with van der Waals surface area (Å²) < 4.78 is 0. The SMILES string of the molecule is CC(C)(C)c1c[nH]c(=O)c2cc[nH]c12. The zero-order valence-electron chi connectivity index (χ0n) is 8.64. The van der Waals surface area contributed by atoms with E-state index in [4.69, 9.17) is 0 Å². The summed E-state index contributed by atoms with van der Waals surface area (Å²) in [4.78, 5) is 17.3. The van der Waals surface area contributed by atoms with Crippen molar-refractivity contribution in [3.63, 3.8) is 0 Å². The molecule has 0 unspecified atom stereocenters. The van der Waals surface area contributed by atoms with Crippen molar-refractivity contribution >= 4 is 10.9 Å². The van der Waals surface area contributed by atoms with Crippen LogP contribution in [0, 0.1) is 0 Å². The number of hydrogen-bond acceptors (Lipinski definition) is 1. The molecule has 74 valence electrons. The Hall–Kier alpha value is -1.51. The van der Waals surface area contributed by atoms with E-state index in [1.54, 1.807) is 12.4 Å². The van der Waals surface area contributed by atoms with Gasteiger partial charge in [0.05, 0.1) is 10.9 Å². The van der Waals surface area contributed by atoms with Crippen LogP contribution < -0.4 is 5.56 Å². The summed E-state index contributed by atoms with van der Waals surface area (Å²) in [5.74, 6) is 0. The molecular formula is C11H14N2O. The van der Waals surface area contributed by atoms with E-state index < -0.39 is 0 Å². The summed E-state index contributed by atoms with van der Waals surface area (Å²) in [6.45, 7) is 6.38. The van der Waals surface area contributed by atoms with E-state index in [0.29, 0.717) is 0 Å². The number of aromatic nitrogens is 2. The number of rotatable bonds is 0. The molecule has 2 N–H and O–H groups in total. The summed E-state index contributed by atoms with van der Waals surface area (Å²) in [5, 5.41) is 0.734. The number of aromatic amines is 2. The molecule has 14 heavy (non-hydrogen) atoms. The third-order valence-corrected chi connectivity index (χ3v) is 2.42. The van der Waals surface area contributed by atoms with Crippen molar-refractivity contribution < 1.29 is 0 Å². The van der Waals surface area contributed by atoms with Gasteiger partial charge in [-0.25, -0.2) is 0 Å². The van der Waals surface area contributed by atoms with Gasteiger partial charge in [0.2, 0.25) is 0 Å². The molecule has 0 aliphatic rings. The molecule has 2 aromatic rings. The molecule has 0 aliphatic carbocycles. The van der Waals surface area contributed by atoms with E-state index in [1.165, 1.54) is 0 Å². The second-order valence-electron chi connectivity index (χ2n) is 4.55. The first-order chi connectivity index (χ1) is 6.50. The Morgan fingerprint density at radius 1 is 1.21 bits per heavy atom. The van der Waals surface area contributed by atoms with Crippen LogP contribution in [0.1, 0.15) is 26.3 Å². The molecule has 3 nitrogen and oxygen atoms in total. The van der Waals surface area contributed by atoms with Crippen molar-refractivity contribution in [1.29, 1.82) is 0 Å². The summed E-state index contributed by atoms with van der Waals surface area (Å²) in [5.41, 5.74) is 2.08. The molecule has 0 atom stereocenters. The van der Waals surface area contributed by atoms with Crippen molar-refractivity contribution in [2.24, 2.45) is 0 Å². The highest BCUT2D eigenvalue weighted by molar-refractivity contribution is 5.82. The predicted molar refractivity (Wildman–Crippen MR) is 57.6 cm³/mol. The lowest BCUT2D eigenvalue weighted by molar-refractivity contribution is 0.592. The van der Waals surface area contributed by atoms with Gasteiger partial charge >= 0.3 is 0 Å². The standard InChI is InChI=1S/C11H14N2O/c1-11(2,3)8-6-13-10(14)7-4-5-12-9(7)8/h4-6,12H,1-3H3,(H,13,14). The van der Waals surface area contributed by atoms with Crippen molar-refractivity contribution in [3.8, 4) is 0 Å². The maximum atomic E-state index is 11.4. The number of H-pyrrole nitrogens is 2. The normalized spacial score (nSPS) is 12.2. The predicted octanol–water partition coefficient (Wildman–Crippen LogP) is 2.15. The van der Waals surface area contributed by atoms with Crippen molar-refractivity contribution in [3.05, 3.63) is 34.4 Å². The molecule has 0 radical (unpaired) electrons. The number of hydrogen-bond donors (Lipinski definition) is 2. The molecule has 0 spiro atoms. The Balaban J connectivity index is 2.86. The highest BCUT2D eigenvalue weighted by atomic mass is 16.1. The third kappa shape index (κ3) is 1.25. The van der Waals surface area contributed by atoms with Crippen LogP contribution in [-0.2, 0) is 5.41 Å². The fraction of sp³-hybridized carbons (Fsp3) is 0.364. The van der Waals surface area contributed by atoms with Gasteiger partial charge in [-0.1, -0.05) is 20.8 Å². The minimum atomic E-state index is -0.0331. The summed E-state index contributed by atoms with van der Waals surface area (Å²) in [6, 6.07) is 1.81. The second-order valence-corrected chi connectivity index (χ2v) is 4.55. The zero-order valence-corrected chi connectivity index (χ0v) is 8.64. The van der Waals surface area contributed by atoms with E-state index in [1.807, 2.05) is 6.07 Å². The maximum absolute atomic E-state index is 11.4. The summed E-state index contributed by atoms with van der Waals surface area (Å²) in [6.07, 6.45) is 3.59. The largest absolute Gasteiger partial charge is 0.361 e. The van der Waals surface area contributed by atoms with Gasteiger partial charge < -0.3 is 9.97 Å². The Bertz CT molecular complexity index is 514. The van der Waals surface area contributed by atoms with E-state index in [9.17, 15) is 4.79 Å². The molecule has 0 saturated heterocycles. The fourth-order valence-corrected chi connectivity index (χ4v) is 1.66. The molecular weight excluding hydrogens is 176 g/mol. The lowest BCUT2D eigenvalue weighted by Gasteiger charge is -2.19. The Morgan fingerprint density at radius 2 is 1.93 bits per heavy atom. The molecule has 0 fully saturated rings. The molecule has 2 heterocycles. The van der Waals surface area contributed by atoms with Crippen LogP contribution in [0.5, 0.6) is 0 Å². The highest BCUT2D eigenvalue weighted by Gasteiger charge is 2.18. The lowest BCUT2D eigenvalue weighted by Crippen LogP contribution is -2.16. The highest BCUT2D eigenvalue weighted by Crippen LogP contribution is 2.26. The van der Waals surface area contributed by atoms with E-state index in [-0.39, 0.29) is 11.0 Å². The van der Waals surface area contributed by atoms with Crippen LogP contribution in [0.4, 0.5) is 0 Å². The van der Waals surface area contributed by atoms with E-state index >= 15 is 0 Å². The molecule has 0 bridgehead atoms. The number of fused-ring (bicyclic) bond motifs is 1. The topological polar surface area (TPSA) is 48.6 Å².